The summed E-state index contributed by atoms with van der Waals surface area (Å²) in [5.41, 5.74) is 3.90. The minimum absolute atomic E-state index is 0. The van der Waals surface area contributed by atoms with Crippen LogP contribution in [0.5, 0.6) is 28.7 Å². The maximum absolute atomic E-state index is 14.8. The molecule has 0 unspecified atom stereocenters. The molecule has 0 atom stereocenters. The smallest absolute Gasteiger partial charge is 0.857 e. The molecule has 2 aromatic carbocycles. The van der Waals surface area contributed by atoms with Gasteiger partial charge in [-0.1, -0.05) is 0 Å². The van der Waals surface area contributed by atoms with Gasteiger partial charge in [0, 0.05) is 100 Å². The second kappa shape index (κ2) is 21.2. The molecular formula is C42H48FN8NaO8. The Bertz CT molecular complexity index is 2530. The first-order chi connectivity index (χ1) is 28.7. The number of fused-ring (bicyclic) bond motifs is 2. The third-order valence-electron chi connectivity index (χ3n) is 9.96. The number of piperazine rings is 2. The van der Waals surface area contributed by atoms with Crippen molar-refractivity contribution in [1.82, 2.24) is 29.4 Å². The van der Waals surface area contributed by atoms with Crippen LogP contribution in [0.3, 0.4) is 0 Å². The molecule has 2 aliphatic rings. The number of halogens is 1. The molecule has 18 heteroatoms. The molecule has 0 amide bonds. The molecule has 2 fully saturated rings. The summed E-state index contributed by atoms with van der Waals surface area (Å²) in [5, 5.41) is 14.8. The van der Waals surface area contributed by atoms with Crippen LogP contribution < -0.4 is 89.9 Å². The summed E-state index contributed by atoms with van der Waals surface area (Å²) in [6.07, 6.45) is 3.48. The van der Waals surface area contributed by atoms with E-state index in [9.17, 15) is 14.0 Å². The molecule has 4 aromatic heterocycles. The van der Waals surface area contributed by atoms with Gasteiger partial charge in [-0.15, -0.1) is 0 Å². The zero-order valence-corrected chi connectivity index (χ0v) is 36.9. The Hall–Kier alpha value is -5.43. The van der Waals surface area contributed by atoms with Crippen LogP contribution in [-0.4, -0.2) is 114 Å². The Morgan fingerprint density at radius 3 is 1.38 bits per heavy atom. The summed E-state index contributed by atoms with van der Waals surface area (Å²) in [6, 6.07) is 16.9. The Morgan fingerprint density at radius 1 is 0.550 bits per heavy atom. The fraction of sp³-hybridized carbons (Fsp3) is 0.333. The van der Waals surface area contributed by atoms with E-state index in [1.807, 2.05) is 23.2 Å². The first-order valence-corrected chi connectivity index (χ1v) is 18.9. The number of aromatic nitrogens is 4. The summed E-state index contributed by atoms with van der Waals surface area (Å²) in [4.78, 5) is 39.0. The van der Waals surface area contributed by atoms with Gasteiger partial charge in [-0.2, -0.15) is 7.11 Å². The summed E-state index contributed by atoms with van der Waals surface area (Å²) in [5.74, 6) is 2.29. The number of nitrogens with zero attached hydrogens (tertiary/aromatic N) is 6. The zero-order valence-electron chi connectivity index (χ0n) is 34.9. The van der Waals surface area contributed by atoms with Crippen LogP contribution >= 0.6 is 0 Å². The standard InChI is InChI=1S/C21H24N4O4.C20H21FN4O3.CH3O.Na/c1-27-17-5-4-14(10-18(17)28-2)16-12-20(26)25-13-15(24-8-6-22-7-9-24)11-19(29-3)21(25)23-16;1-27-17-4-3-13(9-18(17)28-2)16-11-19(26)25-12-14(10-15(21)20(25)23-16)24-7-5-22-6-8-24;1-2;/h4-5,10-13,22H,6-9H2,1-3H3;3-4,9-12,22H,5-8H2,1-2H3;1H3;/q;;-1;+1. The first-order valence-electron chi connectivity index (χ1n) is 18.9. The van der Waals surface area contributed by atoms with Gasteiger partial charge in [0.2, 0.25) is 0 Å². The van der Waals surface area contributed by atoms with Crippen LogP contribution in [0.4, 0.5) is 15.8 Å². The van der Waals surface area contributed by atoms with E-state index >= 15 is 0 Å². The summed E-state index contributed by atoms with van der Waals surface area (Å²) in [6.45, 7) is 6.74. The number of hydrogen-bond acceptors (Lipinski definition) is 14. The number of anilines is 2. The third kappa shape index (κ3) is 9.94. The van der Waals surface area contributed by atoms with Crippen molar-refractivity contribution >= 4 is 22.7 Å². The Kier molecular flexibility index (Phi) is 16.1. The van der Waals surface area contributed by atoms with Gasteiger partial charge in [0.25, 0.3) is 11.1 Å². The Balaban J connectivity index is 0.000000215. The molecule has 6 heterocycles. The average molecular weight is 835 g/mol. The van der Waals surface area contributed by atoms with E-state index in [4.69, 9.17) is 33.8 Å². The number of benzene rings is 2. The molecule has 2 saturated heterocycles. The van der Waals surface area contributed by atoms with Crippen molar-refractivity contribution in [2.75, 3.05) is 105 Å². The predicted octanol–water partition coefficient (Wildman–Crippen LogP) is -0.295. The van der Waals surface area contributed by atoms with Crippen molar-refractivity contribution in [2.24, 2.45) is 0 Å². The van der Waals surface area contributed by atoms with Gasteiger partial charge < -0.3 is 49.2 Å². The fourth-order valence-corrected chi connectivity index (χ4v) is 6.94. The maximum Gasteiger partial charge on any atom is 1.00 e. The molecule has 8 rings (SSSR count). The molecular weight excluding hydrogens is 786 g/mol. The quantitative estimate of drug-likeness (QED) is 0.182. The topological polar surface area (TPSA) is 168 Å². The predicted molar refractivity (Wildman–Crippen MR) is 223 cm³/mol. The molecule has 60 heavy (non-hydrogen) atoms. The van der Waals surface area contributed by atoms with Gasteiger partial charge in [-0.3, -0.25) is 18.4 Å². The van der Waals surface area contributed by atoms with Crippen molar-refractivity contribution in [2.45, 2.75) is 0 Å². The van der Waals surface area contributed by atoms with Crippen molar-refractivity contribution < 1.29 is 62.7 Å². The van der Waals surface area contributed by atoms with Gasteiger partial charge in [-0.25, -0.2) is 14.4 Å². The van der Waals surface area contributed by atoms with Gasteiger partial charge >= 0.3 is 29.6 Å². The maximum atomic E-state index is 14.8. The molecule has 0 radical (unpaired) electrons. The molecule has 0 saturated carbocycles. The Labute approximate surface area is 368 Å². The van der Waals surface area contributed by atoms with Gasteiger partial charge in [-0.05, 0) is 36.4 Å². The SMILES string of the molecule is COc1ccc(-c2cc(=O)n3cc(N4CCNCC4)cc(F)c3n2)cc1OC.COc1ccc(-c2cc(=O)n3cc(N4CCNCC4)cc(OC)c3n2)cc1OC.C[O-].[Na+]. The van der Waals surface area contributed by atoms with Gasteiger partial charge in [0.15, 0.2) is 45.9 Å². The molecule has 2 N–H and O–H groups in total. The molecule has 0 bridgehead atoms. The first kappa shape index (κ1) is 45.7. The second-order valence-corrected chi connectivity index (χ2v) is 13.3. The average Bonchev–Trinajstić information content (AvgIpc) is 3.29. The minimum Gasteiger partial charge on any atom is -0.857 e. The fourth-order valence-electron chi connectivity index (χ4n) is 6.94. The van der Waals surface area contributed by atoms with Gasteiger partial charge in [0.05, 0.1) is 58.3 Å². The van der Waals surface area contributed by atoms with Gasteiger partial charge in [0.1, 0.15) is 0 Å². The van der Waals surface area contributed by atoms with Crippen LogP contribution in [0.15, 0.2) is 82.6 Å². The van der Waals surface area contributed by atoms with Crippen molar-refractivity contribution in [3.63, 3.8) is 0 Å². The summed E-state index contributed by atoms with van der Waals surface area (Å²) >= 11 is 0. The molecule has 16 nitrogen and oxygen atoms in total. The van der Waals surface area contributed by atoms with E-state index in [2.05, 4.69) is 20.5 Å². The number of hydrogen-bond donors (Lipinski definition) is 2. The van der Waals surface area contributed by atoms with Crippen LogP contribution in [0.25, 0.3) is 33.8 Å². The normalized spacial score (nSPS) is 13.6. The van der Waals surface area contributed by atoms with E-state index in [1.165, 1.54) is 29.7 Å². The molecule has 312 valence electrons. The van der Waals surface area contributed by atoms with Crippen molar-refractivity contribution in [3.8, 4) is 51.3 Å². The minimum atomic E-state index is -0.532. The van der Waals surface area contributed by atoms with Crippen molar-refractivity contribution in [1.29, 1.82) is 0 Å². The third-order valence-corrected chi connectivity index (χ3v) is 9.96. The number of ether oxygens (including phenoxy) is 5. The molecule has 6 aromatic rings. The van der Waals surface area contributed by atoms with Crippen LogP contribution in [0.2, 0.25) is 0 Å². The zero-order chi connectivity index (χ0) is 42.1. The summed E-state index contributed by atoms with van der Waals surface area (Å²) in [7, 11) is 8.57. The van der Waals surface area contributed by atoms with E-state index in [0.29, 0.717) is 57.0 Å². The van der Waals surface area contributed by atoms with Crippen LogP contribution in [-0.2, 0) is 0 Å². The van der Waals surface area contributed by atoms with E-state index in [0.717, 1.165) is 70.7 Å². The van der Waals surface area contributed by atoms with E-state index < -0.39 is 5.82 Å². The Morgan fingerprint density at radius 2 is 0.950 bits per heavy atom. The van der Waals surface area contributed by atoms with E-state index in [1.54, 1.807) is 69.4 Å². The van der Waals surface area contributed by atoms with Crippen LogP contribution in [0.1, 0.15) is 0 Å². The number of nitrogens with one attached hydrogen (secondary N) is 2. The van der Waals surface area contributed by atoms with Crippen molar-refractivity contribution in [3.05, 3.63) is 99.6 Å². The molecule has 0 spiro atoms. The van der Waals surface area contributed by atoms with Crippen LogP contribution in [0, 0.1) is 5.82 Å². The molecule has 2 aliphatic heterocycles. The number of methoxy groups -OCH3 is 5. The largest absolute Gasteiger partial charge is 1.00 e. The number of rotatable bonds is 9. The monoisotopic (exact) mass is 834 g/mol. The van der Waals surface area contributed by atoms with E-state index in [-0.39, 0.29) is 46.3 Å². The number of pyridine rings is 2. The molecule has 0 aliphatic carbocycles. The summed E-state index contributed by atoms with van der Waals surface area (Å²) < 4.78 is 44.4. The second-order valence-electron chi connectivity index (χ2n) is 13.3.